The van der Waals surface area contributed by atoms with E-state index in [0.29, 0.717) is 0 Å². The molecule has 0 saturated heterocycles. The van der Waals surface area contributed by atoms with Gasteiger partial charge < -0.3 is 10.1 Å². The molecule has 0 fully saturated rings. The molecule has 0 radical (unpaired) electrons. The summed E-state index contributed by atoms with van der Waals surface area (Å²) in [6, 6.07) is 6.91. The molecular formula is C15H9Cl2FN2O5. The molecule has 0 unspecified atom stereocenters. The predicted molar refractivity (Wildman–Crippen MR) is 88.4 cm³/mol. The first-order chi connectivity index (χ1) is 11.8. The summed E-state index contributed by atoms with van der Waals surface area (Å²) in [5, 5.41) is 13.2. The van der Waals surface area contributed by atoms with Crippen molar-refractivity contribution in [1.82, 2.24) is 0 Å². The molecule has 0 aliphatic carbocycles. The van der Waals surface area contributed by atoms with E-state index in [1.54, 1.807) is 0 Å². The molecule has 130 valence electrons. The van der Waals surface area contributed by atoms with Crippen molar-refractivity contribution in [2.24, 2.45) is 0 Å². The Morgan fingerprint density at radius 2 is 1.92 bits per heavy atom. The van der Waals surface area contributed by atoms with Crippen LogP contribution in [0.25, 0.3) is 0 Å². The van der Waals surface area contributed by atoms with Crippen LogP contribution in [-0.2, 0) is 9.53 Å². The van der Waals surface area contributed by atoms with Crippen molar-refractivity contribution in [1.29, 1.82) is 0 Å². The van der Waals surface area contributed by atoms with Gasteiger partial charge in [-0.3, -0.25) is 14.9 Å². The SMILES string of the molecule is O=C(COC(=O)c1ccc(Cl)cc1[N+](=O)[O-])Nc1ccc(F)c(Cl)c1. The highest BCUT2D eigenvalue weighted by Crippen LogP contribution is 2.24. The van der Waals surface area contributed by atoms with E-state index in [2.05, 4.69) is 5.32 Å². The second kappa shape index (κ2) is 7.91. The number of halogens is 3. The molecule has 2 aromatic carbocycles. The lowest BCUT2D eigenvalue weighted by atomic mass is 10.2. The van der Waals surface area contributed by atoms with Gasteiger partial charge in [0.05, 0.1) is 9.95 Å². The maximum absolute atomic E-state index is 13.0. The number of benzene rings is 2. The van der Waals surface area contributed by atoms with Crippen LogP contribution in [-0.4, -0.2) is 23.4 Å². The average molecular weight is 387 g/mol. The van der Waals surface area contributed by atoms with Crippen molar-refractivity contribution >= 4 is 46.5 Å². The Labute approximate surface area is 150 Å². The van der Waals surface area contributed by atoms with Gasteiger partial charge in [-0.25, -0.2) is 9.18 Å². The number of amides is 1. The molecule has 0 aromatic heterocycles. The van der Waals surface area contributed by atoms with E-state index < -0.39 is 34.9 Å². The van der Waals surface area contributed by atoms with Crippen molar-refractivity contribution in [3.8, 4) is 0 Å². The van der Waals surface area contributed by atoms with Crippen LogP contribution in [0.5, 0.6) is 0 Å². The fourth-order valence-corrected chi connectivity index (χ4v) is 2.16. The van der Waals surface area contributed by atoms with E-state index in [4.69, 9.17) is 27.9 Å². The molecule has 0 saturated carbocycles. The quantitative estimate of drug-likeness (QED) is 0.478. The molecule has 0 bridgehead atoms. The fourth-order valence-electron chi connectivity index (χ4n) is 1.81. The van der Waals surface area contributed by atoms with Crippen molar-refractivity contribution in [3.63, 3.8) is 0 Å². The number of esters is 1. The van der Waals surface area contributed by atoms with E-state index in [9.17, 15) is 24.1 Å². The number of rotatable bonds is 5. The number of nitrogens with zero attached hydrogens (tertiary/aromatic N) is 1. The monoisotopic (exact) mass is 386 g/mol. The van der Waals surface area contributed by atoms with E-state index in [1.165, 1.54) is 18.2 Å². The van der Waals surface area contributed by atoms with Gasteiger partial charge >= 0.3 is 5.97 Å². The first-order valence-electron chi connectivity index (χ1n) is 6.64. The van der Waals surface area contributed by atoms with Gasteiger partial charge in [-0.2, -0.15) is 0 Å². The van der Waals surface area contributed by atoms with Crippen LogP contribution in [0, 0.1) is 15.9 Å². The zero-order chi connectivity index (χ0) is 18.6. The third kappa shape index (κ3) is 4.88. The first kappa shape index (κ1) is 18.6. The van der Waals surface area contributed by atoms with Crippen LogP contribution in [0.1, 0.15) is 10.4 Å². The van der Waals surface area contributed by atoms with Crippen LogP contribution >= 0.6 is 23.2 Å². The number of hydrogen-bond donors (Lipinski definition) is 1. The van der Waals surface area contributed by atoms with E-state index in [-0.39, 0.29) is 21.3 Å². The average Bonchev–Trinajstić information content (AvgIpc) is 2.56. The number of nitrogens with one attached hydrogen (secondary N) is 1. The Bertz CT molecular complexity index is 860. The number of nitro groups is 1. The van der Waals surface area contributed by atoms with E-state index >= 15 is 0 Å². The molecule has 0 aliphatic heterocycles. The van der Waals surface area contributed by atoms with Crippen molar-refractivity contribution in [2.75, 3.05) is 11.9 Å². The van der Waals surface area contributed by atoms with Gasteiger partial charge in [0.25, 0.3) is 11.6 Å². The lowest BCUT2D eigenvalue weighted by Crippen LogP contribution is -2.21. The molecule has 1 N–H and O–H groups in total. The Kier molecular flexibility index (Phi) is 5.89. The zero-order valence-electron chi connectivity index (χ0n) is 12.3. The minimum absolute atomic E-state index is 0.0779. The number of nitro benzene ring substituents is 1. The van der Waals surface area contributed by atoms with Crippen molar-refractivity contribution in [3.05, 3.63) is 67.9 Å². The van der Waals surface area contributed by atoms with Gasteiger partial charge in [0.1, 0.15) is 11.4 Å². The summed E-state index contributed by atoms with van der Waals surface area (Å²) in [5.41, 5.74) is -0.680. The first-order valence-corrected chi connectivity index (χ1v) is 7.39. The fraction of sp³-hybridized carbons (Fsp3) is 0.0667. The summed E-state index contributed by atoms with van der Waals surface area (Å²) in [7, 11) is 0. The van der Waals surface area contributed by atoms with Crippen LogP contribution in [0.3, 0.4) is 0 Å². The number of carbonyl (C=O) groups is 2. The molecule has 0 heterocycles. The van der Waals surface area contributed by atoms with Gasteiger partial charge in [-0.05, 0) is 30.3 Å². The molecule has 10 heteroatoms. The van der Waals surface area contributed by atoms with Crippen molar-refractivity contribution < 1.29 is 23.6 Å². The molecule has 2 aromatic rings. The summed E-state index contributed by atoms with van der Waals surface area (Å²) < 4.78 is 17.8. The Hall–Kier alpha value is -2.71. The standard InChI is InChI=1S/C15H9Cl2FN2O5/c16-8-1-3-10(13(5-8)20(23)24)15(22)25-7-14(21)19-9-2-4-12(18)11(17)6-9/h1-6H,7H2,(H,19,21). The van der Waals surface area contributed by atoms with Gasteiger partial charge in [0.15, 0.2) is 6.61 Å². The van der Waals surface area contributed by atoms with Crippen LogP contribution in [0.2, 0.25) is 10.0 Å². The summed E-state index contributed by atoms with van der Waals surface area (Å²) >= 11 is 11.2. The number of hydrogen-bond acceptors (Lipinski definition) is 5. The van der Waals surface area contributed by atoms with E-state index in [1.807, 2.05) is 0 Å². The van der Waals surface area contributed by atoms with Gasteiger partial charge in [0, 0.05) is 16.8 Å². The largest absolute Gasteiger partial charge is 0.452 e. The molecule has 1 amide bonds. The summed E-state index contributed by atoms with van der Waals surface area (Å²) in [6.07, 6.45) is 0. The molecule has 2 rings (SSSR count). The molecular weight excluding hydrogens is 378 g/mol. The number of carbonyl (C=O) groups excluding carboxylic acids is 2. The third-order valence-corrected chi connectivity index (χ3v) is 3.44. The molecule has 0 aliphatic rings. The van der Waals surface area contributed by atoms with Gasteiger partial charge in [0.2, 0.25) is 0 Å². The van der Waals surface area contributed by atoms with Gasteiger partial charge in [-0.1, -0.05) is 23.2 Å². The predicted octanol–water partition coefficient (Wildman–Crippen LogP) is 3.84. The molecule has 0 atom stereocenters. The highest BCUT2D eigenvalue weighted by Gasteiger charge is 2.22. The molecule has 25 heavy (non-hydrogen) atoms. The Morgan fingerprint density at radius 1 is 1.20 bits per heavy atom. The topological polar surface area (TPSA) is 98.5 Å². The summed E-state index contributed by atoms with van der Waals surface area (Å²) in [4.78, 5) is 33.8. The number of ether oxygens (including phenoxy) is 1. The Balaban J connectivity index is 2.01. The number of anilines is 1. The normalized spacial score (nSPS) is 10.2. The van der Waals surface area contributed by atoms with Crippen molar-refractivity contribution in [2.45, 2.75) is 0 Å². The van der Waals surface area contributed by atoms with E-state index in [0.717, 1.165) is 18.2 Å². The maximum Gasteiger partial charge on any atom is 0.345 e. The zero-order valence-corrected chi connectivity index (χ0v) is 13.8. The second-order valence-electron chi connectivity index (χ2n) is 4.67. The summed E-state index contributed by atoms with van der Waals surface area (Å²) in [5.74, 6) is -2.44. The minimum atomic E-state index is -1.06. The highest BCUT2D eigenvalue weighted by molar-refractivity contribution is 6.31. The minimum Gasteiger partial charge on any atom is -0.452 e. The maximum atomic E-state index is 13.0. The third-order valence-electron chi connectivity index (χ3n) is 2.91. The van der Waals surface area contributed by atoms with Crippen LogP contribution in [0.15, 0.2) is 36.4 Å². The Morgan fingerprint density at radius 3 is 2.56 bits per heavy atom. The highest BCUT2D eigenvalue weighted by atomic mass is 35.5. The lowest BCUT2D eigenvalue weighted by molar-refractivity contribution is -0.385. The lowest BCUT2D eigenvalue weighted by Gasteiger charge is -2.07. The summed E-state index contributed by atoms with van der Waals surface area (Å²) in [6.45, 7) is -0.701. The molecule has 0 spiro atoms. The van der Waals surface area contributed by atoms with Crippen LogP contribution in [0.4, 0.5) is 15.8 Å². The smallest absolute Gasteiger partial charge is 0.345 e. The molecule has 7 nitrogen and oxygen atoms in total. The van der Waals surface area contributed by atoms with Crippen LogP contribution < -0.4 is 5.32 Å². The van der Waals surface area contributed by atoms with Gasteiger partial charge in [-0.15, -0.1) is 0 Å². The second-order valence-corrected chi connectivity index (χ2v) is 5.52.